The molecule has 0 spiro atoms. The Morgan fingerprint density at radius 1 is 1.69 bits per heavy atom. The number of nitrogens with zero attached hydrogens (tertiary/aromatic N) is 1. The molecule has 0 fully saturated rings. The van der Waals surface area contributed by atoms with E-state index in [0.29, 0.717) is 5.88 Å². The molecule has 0 saturated heterocycles. The maximum atomic E-state index is 5.87. The van der Waals surface area contributed by atoms with Crippen LogP contribution in [0.15, 0.2) is 11.7 Å². The Balaban J connectivity index is 2.41. The van der Waals surface area contributed by atoms with Crippen molar-refractivity contribution in [1.29, 1.82) is 0 Å². The van der Waals surface area contributed by atoms with Gasteiger partial charge in [-0.05, 0) is 13.3 Å². The molecule has 74 valence electrons. The molecule has 4 heteroatoms. The lowest BCUT2D eigenvalue weighted by atomic mass is 10.0. The Labute approximate surface area is 88.3 Å². The minimum absolute atomic E-state index is 0.0472. The predicted molar refractivity (Wildman–Crippen MR) is 58.4 cm³/mol. The molecular weight excluding hydrogens is 204 g/mol. The van der Waals surface area contributed by atoms with Crippen molar-refractivity contribution in [2.75, 3.05) is 5.88 Å². The van der Waals surface area contributed by atoms with Gasteiger partial charge in [0.1, 0.15) is 0 Å². The van der Waals surface area contributed by atoms with E-state index in [1.54, 1.807) is 11.3 Å². The highest BCUT2D eigenvalue weighted by atomic mass is 35.5. The van der Waals surface area contributed by atoms with Crippen LogP contribution in [0, 0.1) is 0 Å². The summed E-state index contributed by atoms with van der Waals surface area (Å²) in [5.41, 5.74) is 1.90. The highest BCUT2D eigenvalue weighted by Gasteiger charge is 2.19. The molecular formula is C9H15ClN2S. The first-order chi connectivity index (χ1) is 6.20. The van der Waals surface area contributed by atoms with Crippen molar-refractivity contribution < 1.29 is 0 Å². The van der Waals surface area contributed by atoms with Crippen LogP contribution in [-0.4, -0.2) is 16.4 Å². The number of hydrogen-bond acceptors (Lipinski definition) is 3. The number of alkyl halides is 1. The minimum atomic E-state index is 0.0472. The lowest BCUT2D eigenvalue weighted by Crippen LogP contribution is -2.42. The molecule has 0 aromatic carbocycles. The third-order valence-electron chi connectivity index (χ3n) is 2.25. The van der Waals surface area contributed by atoms with Crippen molar-refractivity contribution in [2.24, 2.45) is 0 Å². The predicted octanol–water partition coefficient (Wildman–Crippen LogP) is 2.64. The summed E-state index contributed by atoms with van der Waals surface area (Å²) >= 11 is 7.54. The molecule has 1 aromatic rings. The maximum Gasteiger partial charge on any atom is 0.0794 e. The Morgan fingerprint density at radius 2 is 2.46 bits per heavy atom. The fourth-order valence-corrected chi connectivity index (χ4v) is 1.71. The number of aromatic nitrogens is 1. The number of rotatable bonds is 5. The van der Waals surface area contributed by atoms with Gasteiger partial charge in [-0.25, -0.2) is 0 Å². The van der Waals surface area contributed by atoms with E-state index in [-0.39, 0.29) is 5.54 Å². The topological polar surface area (TPSA) is 24.9 Å². The van der Waals surface area contributed by atoms with E-state index in [9.17, 15) is 0 Å². The van der Waals surface area contributed by atoms with E-state index in [1.165, 1.54) is 4.88 Å². The molecule has 1 unspecified atom stereocenters. The SMILES string of the molecule is CCC(C)(CCl)NCc1cncs1. The van der Waals surface area contributed by atoms with Gasteiger partial charge in [-0.1, -0.05) is 6.92 Å². The monoisotopic (exact) mass is 218 g/mol. The molecule has 0 bridgehead atoms. The van der Waals surface area contributed by atoms with Crippen LogP contribution in [-0.2, 0) is 6.54 Å². The highest BCUT2D eigenvalue weighted by Crippen LogP contribution is 2.13. The summed E-state index contributed by atoms with van der Waals surface area (Å²) in [6.45, 7) is 5.14. The fourth-order valence-electron chi connectivity index (χ4n) is 0.897. The smallest absolute Gasteiger partial charge is 0.0794 e. The van der Waals surface area contributed by atoms with Crippen molar-refractivity contribution >= 4 is 22.9 Å². The van der Waals surface area contributed by atoms with Gasteiger partial charge in [0.15, 0.2) is 0 Å². The lowest BCUT2D eigenvalue weighted by Gasteiger charge is -2.26. The third kappa shape index (κ3) is 3.25. The van der Waals surface area contributed by atoms with Crippen LogP contribution >= 0.6 is 22.9 Å². The second-order valence-electron chi connectivity index (χ2n) is 3.37. The normalized spacial score (nSPS) is 15.6. The second-order valence-corrected chi connectivity index (χ2v) is 4.61. The first kappa shape index (κ1) is 11.0. The Hall–Kier alpha value is -0.120. The van der Waals surface area contributed by atoms with Crippen molar-refractivity contribution in [3.05, 3.63) is 16.6 Å². The lowest BCUT2D eigenvalue weighted by molar-refractivity contribution is 0.381. The van der Waals surface area contributed by atoms with Crippen molar-refractivity contribution in [2.45, 2.75) is 32.4 Å². The van der Waals surface area contributed by atoms with Gasteiger partial charge < -0.3 is 5.32 Å². The molecule has 0 amide bonds. The zero-order valence-corrected chi connectivity index (χ0v) is 9.58. The molecule has 0 saturated carbocycles. The molecule has 1 aromatic heterocycles. The van der Waals surface area contributed by atoms with Crippen LogP contribution < -0.4 is 5.32 Å². The van der Waals surface area contributed by atoms with Crippen molar-refractivity contribution in [3.8, 4) is 0 Å². The fraction of sp³-hybridized carbons (Fsp3) is 0.667. The summed E-state index contributed by atoms with van der Waals surface area (Å²) < 4.78 is 0. The summed E-state index contributed by atoms with van der Waals surface area (Å²) in [7, 11) is 0. The number of nitrogens with one attached hydrogen (secondary N) is 1. The molecule has 0 aliphatic rings. The van der Waals surface area contributed by atoms with E-state index < -0.39 is 0 Å². The minimum Gasteiger partial charge on any atom is -0.305 e. The summed E-state index contributed by atoms with van der Waals surface area (Å²) in [5.74, 6) is 0.641. The first-order valence-electron chi connectivity index (χ1n) is 4.38. The molecule has 2 nitrogen and oxygen atoms in total. The molecule has 1 rings (SSSR count). The van der Waals surface area contributed by atoms with E-state index in [1.807, 2.05) is 11.7 Å². The molecule has 1 N–H and O–H groups in total. The van der Waals surface area contributed by atoms with E-state index in [4.69, 9.17) is 11.6 Å². The molecule has 1 heterocycles. The van der Waals surface area contributed by atoms with Gasteiger partial charge in [0.2, 0.25) is 0 Å². The van der Waals surface area contributed by atoms with E-state index in [0.717, 1.165) is 13.0 Å². The molecule has 13 heavy (non-hydrogen) atoms. The Kier molecular flexibility index (Phi) is 4.16. The maximum absolute atomic E-state index is 5.87. The first-order valence-corrected chi connectivity index (χ1v) is 5.80. The van der Waals surface area contributed by atoms with Crippen LogP contribution in [0.2, 0.25) is 0 Å². The van der Waals surface area contributed by atoms with Gasteiger partial charge in [0, 0.05) is 29.0 Å². The van der Waals surface area contributed by atoms with Crippen molar-refractivity contribution in [3.63, 3.8) is 0 Å². The average molecular weight is 219 g/mol. The van der Waals surface area contributed by atoms with E-state index >= 15 is 0 Å². The third-order valence-corrected chi connectivity index (χ3v) is 3.62. The van der Waals surface area contributed by atoms with Gasteiger partial charge in [-0.2, -0.15) is 0 Å². The Bertz CT molecular complexity index is 232. The largest absolute Gasteiger partial charge is 0.305 e. The van der Waals surface area contributed by atoms with E-state index in [2.05, 4.69) is 24.1 Å². The van der Waals surface area contributed by atoms with Gasteiger partial charge in [0.05, 0.1) is 5.51 Å². The zero-order chi connectivity index (χ0) is 9.73. The summed E-state index contributed by atoms with van der Waals surface area (Å²) in [6, 6.07) is 0. The summed E-state index contributed by atoms with van der Waals surface area (Å²) in [5, 5.41) is 3.44. The van der Waals surface area contributed by atoms with Gasteiger partial charge in [-0.15, -0.1) is 22.9 Å². The van der Waals surface area contributed by atoms with Crippen LogP contribution in [0.25, 0.3) is 0 Å². The van der Waals surface area contributed by atoms with Crippen LogP contribution in [0.4, 0.5) is 0 Å². The van der Waals surface area contributed by atoms with Gasteiger partial charge in [-0.3, -0.25) is 4.98 Å². The Morgan fingerprint density at radius 3 is 2.92 bits per heavy atom. The van der Waals surface area contributed by atoms with Crippen LogP contribution in [0.1, 0.15) is 25.1 Å². The highest BCUT2D eigenvalue weighted by molar-refractivity contribution is 7.09. The molecule has 0 aliphatic carbocycles. The van der Waals surface area contributed by atoms with Gasteiger partial charge >= 0.3 is 0 Å². The number of thiazole rings is 1. The van der Waals surface area contributed by atoms with Crippen molar-refractivity contribution in [1.82, 2.24) is 10.3 Å². The van der Waals surface area contributed by atoms with Crippen LogP contribution in [0.5, 0.6) is 0 Å². The summed E-state index contributed by atoms with van der Waals surface area (Å²) in [6.07, 6.45) is 2.93. The number of halogens is 1. The molecule has 0 radical (unpaired) electrons. The average Bonchev–Trinajstić information content (AvgIpc) is 2.67. The molecule has 0 aliphatic heterocycles. The standard InChI is InChI=1S/C9H15ClN2S/c1-3-9(2,6-10)12-5-8-4-11-7-13-8/h4,7,12H,3,5-6H2,1-2H3. The number of hydrogen-bond donors (Lipinski definition) is 1. The zero-order valence-electron chi connectivity index (χ0n) is 8.01. The van der Waals surface area contributed by atoms with Gasteiger partial charge in [0.25, 0.3) is 0 Å². The summed E-state index contributed by atoms with van der Waals surface area (Å²) in [4.78, 5) is 5.27. The second kappa shape index (κ2) is 4.94. The van der Waals surface area contributed by atoms with Crippen LogP contribution in [0.3, 0.4) is 0 Å². The molecule has 1 atom stereocenters. The quantitative estimate of drug-likeness (QED) is 0.769.